The van der Waals surface area contributed by atoms with Gasteiger partial charge in [-0.05, 0) is 31.8 Å². The Hall–Kier alpha value is -0.610. The van der Waals surface area contributed by atoms with Crippen molar-refractivity contribution in [2.45, 2.75) is 12.8 Å². The molecule has 4 heteroatoms. The van der Waals surface area contributed by atoms with E-state index in [1.54, 1.807) is 0 Å². The smallest absolute Gasteiger partial charge is 0.245 e. The van der Waals surface area contributed by atoms with Crippen molar-refractivity contribution in [1.29, 1.82) is 0 Å². The molecule has 1 aliphatic heterocycles. The first-order chi connectivity index (χ1) is 5.83. The standard InChI is InChI=1S/C8H16N2O2/c11-6-8(12)10-5-7-1-3-9-4-2-7/h7,9,11H,1-6H2,(H,10,12). The molecule has 0 bridgehead atoms. The summed E-state index contributed by atoms with van der Waals surface area (Å²) in [5.74, 6) is 0.315. The number of hydrogen-bond donors (Lipinski definition) is 3. The SMILES string of the molecule is O=C(CO)NCC1CCNCC1. The van der Waals surface area contributed by atoms with Gasteiger partial charge in [-0.25, -0.2) is 0 Å². The molecule has 0 aromatic rings. The van der Waals surface area contributed by atoms with Crippen molar-refractivity contribution in [3.8, 4) is 0 Å². The molecule has 0 aromatic heterocycles. The van der Waals surface area contributed by atoms with Gasteiger partial charge in [0.05, 0.1) is 0 Å². The van der Waals surface area contributed by atoms with Crippen molar-refractivity contribution in [2.75, 3.05) is 26.2 Å². The lowest BCUT2D eigenvalue weighted by molar-refractivity contribution is -0.124. The van der Waals surface area contributed by atoms with Gasteiger partial charge in [-0.2, -0.15) is 0 Å². The molecule has 1 aliphatic rings. The van der Waals surface area contributed by atoms with Crippen LogP contribution in [-0.4, -0.2) is 37.3 Å². The fourth-order valence-corrected chi connectivity index (χ4v) is 1.40. The van der Waals surface area contributed by atoms with Crippen LogP contribution in [0.5, 0.6) is 0 Å². The number of aliphatic hydroxyl groups is 1. The maximum absolute atomic E-state index is 10.7. The second kappa shape index (κ2) is 5.11. The predicted octanol–water partition coefficient (Wildman–Crippen LogP) is -0.905. The van der Waals surface area contributed by atoms with E-state index in [4.69, 9.17) is 5.11 Å². The van der Waals surface area contributed by atoms with Gasteiger partial charge in [0.25, 0.3) is 0 Å². The van der Waals surface area contributed by atoms with Crippen molar-refractivity contribution < 1.29 is 9.90 Å². The molecule has 0 aromatic carbocycles. The Morgan fingerprint density at radius 3 is 2.75 bits per heavy atom. The van der Waals surface area contributed by atoms with Crippen LogP contribution in [-0.2, 0) is 4.79 Å². The van der Waals surface area contributed by atoms with Crippen LogP contribution in [0, 0.1) is 5.92 Å². The van der Waals surface area contributed by atoms with E-state index in [0.717, 1.165) is 25.9 Å². The largest absolute Gasteiger partial charge is 0.387 e. The summed E-state index contributed by atoms with van der Waals surface area (Å²) in [6.07, 6.45) is 2.23. The van der Waals surface area contributed by atoms with Crippen LogP contribution < -0.4 is 10.6 Å². The second-order valence-electron chi connectivity index (χ2n) is 3.16. The Kier molecular flexibility index (Phi) is 4.04. The van der Waals surface area contributed by atoms with E-state index in [1.807, 2.05) is 0 Å². The molecule has 70 valence electrons. The zero-order valence-electron chi connectivity index (χ0n) is 7.18. The highest BCUT2D eigenvalue weighted by molar-refractivity contribution is 5.76. The number of rotatable bonds is 3. The molecule has 0 atom stereocenters. The van der Waals surface area contributed by atoms with Gasteiger partial charge < -0.3 is 15.7 Å². The normalized spacial score (nSPS) is 19.1. The summed E-state index contributed by atoms with van der Waals surface area (Å²) >= 11 is 0. The quantitative estimate of drug-likeness (QED) is 0.517. The van der Waals surface area contributed by atoms with Crippen molar-refractivity contribution in [2.24, 2.45) is 5.92 Å². The Bertz CT molecular complexity index is 144. The molecule has 1 amide bonds. The van der Waals surface area contributed by atoms with E-state index in [1.165, 1.54) is 0 Å². The van der Waals surface area contributed by atoms with Crippen molar-refractivity contribution >= 4 is 5.91 Å². The molecule has 1 rings (SSSR count). The fraction of sp³-hybridized carbons (Fsp3) is 0.875. The number of amides is 1. The lowest BCUT2D eigenvalue weighted by Crippen LogP contribution is -2.36. The van der Waals surface area contributed by atoms with E-state index in [2.05, 4.69) is 10.6 Å². The molecule has 0 saturated carbocycles. The minimum Gasteiger partial charge on any atom is -0.387 e. The lowest BCUT2D eigenvalue weighted by Gasteiger charge is -2.22. The Morgan fingerprint density at radius 1 is 1.50 bits per heavy atom. The predicted molar refractivity (Wildman–Crippen MR) is 45.7 cm³/mol. The molecule has 12 heavy (non-hydrogen) atoms. The summed E-state index contributed by atoms with van der Waals surface area (Å²) in [6, 6.07) is 0. The van der Waals surface area contributed by atoms with E-state index in [9.17, 15) is 4.79 Å². The first-order valence-electron chi connectivity index (χ1n) is 4.41. The molecule has 4 nitrogen and oxygen atoms in total. The Balaban J connectivity index is 2.09. The summed E-state index contributed by atoms with van der Waals surface area (Å²) < 4.78 is 0. The fourth-order valence-electron chi connectivity index (χ4n) is 1.40. The van der Waals surface area contributed by atoms with Gasteiger partial charge in [0.2, 0.25) is 5.91 Å². The summed E-state index contributed by atoms with van der Waals surface area (Å²) in [5, 5.41) is 14.4. The minimum atomic E-state index is -0.398. The molecule has 1 saturated heterocycles. The summed E-state index contributed by atoms with van der Waals surface area (Å²) in [4.78, 5) is 10.7. The highest BCUT2D eigenvalue weighted by atomic mass is 16.3. The zero-order valence-corrected chi connectivity index (χ0v) is 7.18. The van der Waals surface area contributed by atoms with E-state index in [-0.39, 0.29) is 5.91 Å². The molecule has 0 unspecified atom stereocenters. The number of carbonyl (C=O) groups excluding carboxylic acids is 1. The van der Waals surface area contributed by atoms with Crippen LogP contribution in [0.1, 0.15) is 12.8 Å². The van der Waals surface area contributed by atoms with Gasteiger partial charge in [0.1, 0.15) is 6.61 Å². The number of nitrogens with one attached hydrogen (secondary N) is 2. The van der Waals surface area contributed by atoms with Crippen LogP contribution in [0.3, 0.4) is 0 Å². The van der Waals surface area contributed by atoms with E-state index < -0.39 is 6.61 Å². The molecular formula is C8H16N2O2. The number of piperidine rings is 1. The molecule has 0 aliphatic carbocycles. The van der Waals surface area contributed by atoms with Gasteiger partial charge in [0, 0.05) is 6.54 Å². The molecule has 0 radical (unpaired) electrons. The van der Waals surface area contributed by atoms with Crippen LogP contribution in [0.25, 0.3) is 0 Å². The average Bonchev–Trinajstić information content (AvgIpc) is 2.16. The van der Waals surface area contributed by atoms with Crippen LogP contribution in [0.2, 0.25) is 0 Å². The minimum absolute atomic E-state index is 0.270. The topological polar surface area (TPSA) is 61.4 Å². The summed E-state index contributed by atoms with van der Waals surface area (Å²) in [5.41, 5.74) is 0. The lowest BCUT2D eigenvalue weighted by atomic mass is 9.98. The highest BCUT2D eigenvalue weighted by Gasteiger charge is 2.12. The van der Waals surface area contributed by atoms with Crippen molar-refractivity contribution in [3.63, 3.8) is 0 Å². The Morgan fingerprint density at radius 2 is 2.17 bits per heavy atom. The molecule has 0 spiro atoms. The van der Waals surface area contributed by atoms with Crippen LogP contribution in [0.15, 0.2) is 0 Å². The highest BCUT2D eigenvalue weighted by Crippen LogP contribution is 2.09. The monoisotopic (exact) mass is 172 g/mol. The molecule has 1 heterocycles. The first kappa shape index (κ1) is 9.48. The van der Waals surface area contributed by atoms with Gasteiger partial charge in [0.15, 0.2) is 0 Å². The Labute approximate surface area is 72.3 Å². The van der Waals surface area contributed by atoms with Crippen molar-refractivity contribution in [1.82, 2.24) is 10.6 Å². The van der Waals surface area contributed by atoms with Gasteiger partial charge in [-0.15, -0.1) is 0 Å². The number of aliphatic hydroxyl groups excluding tert-OH is 1. The van der Waals surface area contributed by atoms with E-state index in [0.29, 0.717) is 12.5 Å². The third-order valence-corrected chi connectivity index (χ3v) is 2.19. The first-order valence-corrected chi connectivity index (χ1v) is 4.41. The van der Waals surface area contributed by atoms with Gasteiger partial charge in [-0.1, -0.05) is 0 Å². The number of carbonyl (C=O) groups is 1. The van der Waals surface area contributed by atoms with Crippen molar-refractivity contribution in [3.05, 3.63) is 0 Å². The second-order valence-corrected chi connectivity index (χ2v) is 3.16. The van der Waals surface area contributed by atoms with Crippen LogP contribution >= 0.6 is 0 Å². The molecular weight excluding hydrogens is 156 g/mol. The summed E-state index contributed by atoms with van der Waals surface area (Å²) in [7, 11) is 0. The third-order valence-electron chi connectivity index (χ3n) is 2.19. The van der Waals surface area contributed by atoms with E-state index >= 15 is 0 Å². The van der Waals surface area contributed by atoms with Crippen LogP contribution in [0.4, 0.5) is 0 Å². The maximum atomic E-state index is 10.7. The number of hydrogen-bond acceptors (Lipinski definition) is 3. The summed E-state index contributed by atoms with van der Waals surface area (Å²) in [6.45, 7) is 2.39. The van der Waals surface area contributed by atoms with Gasteiger partial charge in [-0.3, -0.25) is 4.79 Å². The average molecular weight is 172 g/mol. The van der Waals surface area contributed by atoms with Gasteiger partial charge >= 0.3 is 0 Å². The third kappa shape index (κ3) is 3.19. The molecule has 1 fully saturated rings. The maximum Gasteiger partial charge on any atom is 0.245 e. The zero-order chi connectivity index (χ0) is 8.81. The molecule has 3 N–H and O–H groups in total.